The summed E-state index contributed by atoms with van der Waals surface area (Å²) in [4.78, 5) is 11.3. The molecule has 0 aliphatic carbocycles. The molecule has 0 atom stereocenters. The van der Waals surface area contributed by atoms with Crippen molar-refractivity contribution >= 4 is 11.7 Å². The zero-order valence-electron chi connectivity index (χ0n) is 8.58. The molecule has 3 N–H and O–H groups in total. The number of carbonyl (C=O) groups is 1. The molecule has 0 saturated carbocycles. The molecule has 0 unspecified atom stereocenters. The fraction of sp³-hybridized carbons (Fsp3) is 0.111. The van der Waals surface area contributed by atoms with Crippen LogP contribution >= 0.6 is 0 Å². The maximum atomic E-state index is 11.3. The number of aromatic nitrogens is 4. The lowest BCUT2D eigenvalue weighted by Crippen LogP contribution is -2.18. The number of nitrogens with two attached hydrogens (primary N) is 1. The topological polar surface area (TPSA) is 98.7 Å². The predicted molar refractivity (Wildman–Crippen MR) is 57.0 cm³/mol. The summed E-state index contributed by atoms with van der Waals surface area (Å²) in [5.41, 5.74) is 5.73. The van der Waals surface area contributed by atoms with Crippen molar-refractivity contribution in [3.63, 3.8) is 0 Å². The van der Waals surface area contributed by atoms with Gasteiger partial charge in [-0.2, -0.15) is 5.10 Å². The summed E-state index contributed by atoms with van der Waals surface area (Å²) in [7, 11) is 1.55. The quantitative estimate of drug-likeness (QED) is 0.714. The lowest BCUT2D eigenvalue weighted by atomic mass is 10.4. The molecule has 0 radical (unpaired) electrons. The summed E-state index contributed by atoms with van der Waals surface area (Å²) < 4.78 is 1.46. The first-order valence-corrected chi connectivity index (χ1v) is 4.58. The first-order chi connectivity index (χ1) is 7.70. The van der Waals surface area contributed by atoms with E-state index in [0.29, 0.717) is 17.3 Å². The standard InChI is InChI=1S/C9H10N6O/c1-11-9(16)6-4-5-15(14-6)8-3-2-7(10)12-13-8/h2-5H,1H3,(H2,10,12)(H,11,16). The third-order valence-corrected chi connectivity index (χ3v) is 1.95. The predicted octanol–water partition coefficient (Wildman–Crippen LogP) is -0.396. The van der Waals surface area contributed by atoms with Gasteiger partial charge in [0, 0.05) is 13.2 Å². The van der Waals surface area contributed by atoms with Crippen molar-refractivity contribution < 1.29 is 4.79 Å². The number of nitrogens with zero attached hydrogens (tertiary/aromatic N) is 4. The van der Waals surface area contributed by atoms with Crippen LogP contribution in [0.3, 0.4) is 0 Å². The molecule has 0 fully saturated rings. The lowest BCUT2D eigenvalue weighted by molar-refractivity contribution is 0.0957. The van der Waals surface area contributed by atoms with Crippen molar-refractivity contribution in [3.05, 3.63) is 30.1 Å². The van der Waals surface area contributed by atoms with Crippen LogP contribution < -0.4 is 11.1 Å². The minimum atomic E-state index is -0.248. The van der Waals surface area contributed by atoms with E-state index in [2.05, 4.69) is 20.6 Å². The Hall–Kier alpha value is -2.44. The largest absolute Gasteiger partial charge is 0.382 e. The molecule has 1 amide bonds. The molecule has 7 nitrogen and oxygen atoms in total. The smallest absolute Gasteiger partial charge is 0.271 e. The molecule has 0 aliphatic heterocycles. The molecular weight excluding hydrogens is 208 g/mol. The molecule has 16 heavy (non-hydrogen) atoms. The summed E-state index contributed by atoms with van der Waals surface area (Å²) in [6.45, 7) is 0. The lowest BCUT2D eigenvalue weighted by Gasteiger charge is -1.98. The van der Waals surface area contributed by atoms with E-state index < -0.39 is 0 Å². The minimum Gasteiger partial charge on any atom is -0.382 e. The summed E-state index contributed by atoms with van der Waals surface area (Å²) in [6, 6.07) is 4.88. The second kappa shape index (κ2) is 3.97. The van der Waals surface area contributed by atoms with Crippen molar-refractivity contribution in [1.82, 2.24) is 25.3 Å². The van der Waals surface area contributed by atoms with E-state index >= 15 is 0 Å². The molecule has 2 aromatic heterocycles. The third-order valence-electron chi connectivity index (χ3n) is 1.95. The molecule has 2 rings (SSSR count). The van der Waals surface area contributed by atoms with Gasteiger partial charge in [-0.15, -0.1) is 10.2 Å². The Bertz CT molecular complexity index is 503. The zero-order valence-corrected chi connectivity index (χ0v) is 8.58. The average Bonchev–Trinajstić information content (AvgIpc) is 2.78. The van der Waals surface area contributed by atoms with Crippen molar-refractivity contribution in [2.24, 2.45) is 0 Å². The van der Waals surface area contributed by atoms with Gasteiger partial charge in [-0.3, -0.25) is 4.79 Å². The van der Waals surface area contributed by atoms with Crippen LogP contribution in [-0.4, -0.2) is 32.9 Å². The van der Waals surface area contributed by atoms with E-state index in [0.717, 1.165) is 0 Å². The minimum absolute atomic E-state index is 0.248. The van der Waals surface area contributed by atoms with E-state index in [1.54, 1.807) is 31.4 Å². The van der Waals surface area contributed by atoms with Gasteiger partial charge in [-0.1, -0.05) is 0 Å². The Morgan fingerprint density at radius 1 is 1.38 bits per heavy atom. The average molecular weight is 218 g/mol. The highest BCUT2D eigenvalue weighted by Gasteiger charge is 2.08. The first kappa shape index (κ1) is 10.1. The molecule has 82 valence electrons. The molecule has 0 aromatic carbocycles. The Balaban J connectivity index is 2.31. The zero-order chi connectivity index (χ0) is 11.5. The van der Waals surface area contributed by atoms with Crippen molar-refractivity contribution in [2.75, 3.05) is 12.8 Å². The molecule has 2 aromatic rings. The summed E-state index contributed by atoms with van der Waals surface area (Å²) in [5.74, 6) is 0.592. The second-order valence-corrected chi connectivity index (χ2v) is 3.04. The maximum Gasteiger partial charge on any atom is 0.271 e. The SMILES string of the molecule is CNC(=O)c1ccn(-c2ccc(N)nn2)n1. The normalized spacial score (nSPS) is 10.1. The Kier molecular flexibility index (Phi) is 2.50. The number of nitrogen functional groups attached to an aromatic ring is 1. The highest BCUT2D eigenvalue weighted by Crippen LogP contribution is 2.04. The molecule has 0 aliphatic rings. The van der Waals surface area contributed by atoms with Gasteiger partial charge in [-0.05, 0) is 18.2 Å². The van der Waals surface area contributed by atoms with Crippen LogP contribution in [0.4, 0.5) is 5.82 Å². The van der Waals surface area contributed by atoms with Crippen molar-refractivity contribution in [2.45, 2.75) is 0 Å². The highest BCUT2D eigenvalue weighted by atomic mass is 16.1. The van der Waals surface area contributed by atoms with E-state index in [4.69, 9.17) is 5.73 Å². The Labute approximate surface area is 91.3 Å². The fourth-order valence-electron chi connectivity index (χ4n) is 1.16. The van der Waals surface area contributed by atoms with E-state index in [-0.39, 0.29) is 5.91 Å². The summed E-state index contributed by atoms with van der Waals surface area (Å²) in [6.07, 6.45) is 1.63. The number of rotatable bonds is 2. The number of anilines is 1. The van der Waals surface area contributed by atoms with Crippen LogP contribution in [0.25, 0.3) is 5.82 Å². The van der Waals surface area contributed by atoms with Crippen LogP contribution in [0.5, 0.6) is 0 Å². The third kappa shape index (κ3) is 1.83. The van der Waals surface area contributed by atoms with Gasteiger partial charge >= 0.3 is 0 Å². The van der Waals surface area contributed by atoms with Gasteiger partial charge in [0.1, 0.15) is 5.82 Å². The number of nitrogens with one attached hydrogen (secondary N) is 1. The summed E-state index contributed by atoms with van der Waals surface area (Å²) >= 11 is 0. The van der Waals surface area contributed by atoms with Crippen molar-refractivity contribution in [1.29, 1.82) is 0 Å². The van der Waals surface area contributed by atoms with E-state index in [9.17, 15) is 4.79 Å². The maximum absolute atomic E-state index is 11.3. The number of hydrogen-bond donors (Lipinski definition) is 2. The fourth-order valence-corrected chi connectivity index (χ4v) is 1.16. The van der Waals surface area contributed by atoms with Crippen molar-refractivity contribution in [3.8, 4) is 5.82 Å². The molecule has 0 saturated heterocycles. The first-order valence-electron chi connectivity index (χ1n) is 4.58. The Morgan fingerprint density at radius 2 is 2.19 bits per heavy atom. The molecule has 7 heteroatoms. The number of amides is 1. The molecule has 0 spiro atoms. The van der Waals surface area contributed by atoms with Crippen LogP contribution in [0.2, 0.25) is 0 Å². The van der Waals surface area contributed by atoms with Gasteiger partial charge < -0.3 is 11.1 Å². The Morgan fingerprint density at radius 3 is 2.81 bits per heavy atom. The van der Waals surface area contributed by atoms with E-state index in [1.165, 1.54) is 4.68 Å². The summed E-state index contributed by atoms with van der Waals surface area (Å²) in [5, 5.41) is 14.1. The van der Waals surface area contributed by atoms with Crippen LogP contribution in [-0.2, 0) is 0 Å². The van der Waals surface area contributed by atoms with Gasteiger partial charge in [0.2, 0.25) is 0 Å². The van der Waals surface area contributed by atoms with Crippen LogP contribution in [0, 0.1) is 0 Å². The van der Waals surface area contributed by atoms with Gasteiger partial charge in [0.05, 0.1) is 0 Å². The van der Waals surface area contributed by atoms with E-state index in [1.807, 2.05) is 0 Å². The van der Waals surface area contributed by atoms with Gasteiger partial charge in [0.25, 0.3) is 5.91 Å². The molecule has 0 bridgehead atoms. The van der Waals surface area contributed by atoms with Crippen LogP contribution in [0.1, 0.15) is 10.5 Å². The molecule has 2 heterocycles. The van der Waals surface area contributed by atoms with Gasteiger partial charge in [0.15, 0.2) is 11.5 Å². The highest BCUT2D eigenvalue weighted by molar-refractivity contribution is 5.91. The van der Waals surface area contributed by atoms with Gasteiger partial charge in [-0.25, -0.2) is 4.68 Å². The number of hydrogen-bond acceptors (Lipinski definition) is 5. The van der Waals surface area contributed by atoms with Crippen LogP contribution in [0.15, 0.2) is 24.4 Å². The number of carbonyl (C=O) groups excluding carboxylic acids is 1. The second-order valence-electron chi connectivity index (χ2n) is 3.04. The molecular formula is C9H10N6O. The monoisotopic (exact) mass is 218 g/mol.